The van der Waals surface area contributed by atoms with Gasteiger partial charge in [-0.1, -0.05) is 0 Å². The van der Waals surface area contributed by atoms with Gasteiger partial charge in [0.25, 0.3) is 5.91 Å². The van der Waals surface area contributed by atoms with Crippen molar-refractivity contribution in [1.29, 1.82) is 0 Å². The van der Waals surface area contributed by atoms with Gasteiger partial charge in [0.05, 0.1) is 77.9 Å². The Labute approximate surface area is 329 Å². The third-order valence-electron chi connectivity index (χ3n) is 7.45. The number of amides is 1. The number of aromatic nitrogens is 4. The topological polar surface area (TPSA) is 236 Å². The second-order valence-electron chi connectivity index (χ2n) is 11.5. The number of anilines is 3. The Hall–Kier alpha value is -3.46. The van der Waals surface area contributed by atoms with Crippen LogP contribution in [-0.2, 0) is 62.2 Å². The number of nitrogens with two attached hydrogens (primary N) is 2. The van der Waals surface area contributed by atoms with Crippen LogP contribution in [0.25, 0.3) is 11.2 Å². The first-order valence-electron chi connectivity index (χ1n) is 17.0. The van der Waals surface area contributed by atoms with Crippen molar-refractivity contribution in [3.63, 3.8) is 0 Å². The van der Waals surface area contributed by atoms with Crippen LogP contribution in [0.15, 0.2) is 30.5 Å². The van der Waals surface area contributed by atoms with Crippen molar-refractivity contribution in [2.24, 2.45) is 0 Å². The van der Waals surface area contributed by atoms with Crippen LogP contribution < -0.4 is 21.7 Å². The molecule has 0 spiro atoms. The molecule has 0 fully saturated rings. The standard InChI is InChI=1S/C34H50N8O9S.Au/c1-42(23-25-22-37-31-29(38-25)30(35)40-34(36)41-31)26-7-5-24(6-8-26)32(44)39-28(33(45)46)10-9-27(43)4-3-11-47-12-13-48-14-15-49-16-17-50-18-19-51-20-21-52-2;/h5-8,22,28H,3-4,9-21,23H2,1-2H3,(H,39,44)(H,45,46)(H4,35,36,37,40,41);. The van der Waals surface area contributed by atoms with Gasteiger partial charge in [0.1, 0.15) is 11.8 Å². The number of fused-ring (bicyclic) bond motifs is 1. The summed E-state index contributed by atoms with van der Waals surface area (Å²) in [6.45, 7) is 5.30. The van der Waals surface area contributed by atoms with E-state index < -0.39 is 17.9 Å². The SMILES string of the molecule is CSCCOCCOCCOCCOCCOCCCC(=O)CCC(NC(=O)c1ccc(N(C)Cc2cnc3nc(N)nc(N)c3n2)cc1)C(=O)O.[Au]. The van der Waals surface area contributed by atoms with Crippen LogP contribution in [0.2, 0.25) is 0 Å². The number of aliphatic carboxylic acids is 1. The van der Waals surface area contributed by atoms with Crippen LogP contribution >= 0.6 is 11.8 Å². The van der Waals surface area contributed by atoms with Gasteiger partial charge in [-0.25, -0.2) is 14.8 Å². The number of ether oxygens (including phenoxy) is 5. The van der Waals surface area contributed by atoms with E-state index in [1.54, 1.807) is 42.2 Å². The first-order chi connectivity index (χ1) is 25.2. The van der Waals surface area contributed by atoms with Gasteiger partial charge in [-0.3, -0.25) is 9.59 Å². The molecule has 1 unspecified atom stereocenters. The number of thioether (sulfide) groups is 1. The monoisotopic (exact) mass is 943 g/mol. The number of carboxylic acid groups (broad SMARTS) is 1. The summed E-state index contributed by atoms with van der Waals surface area (Å²) < 4.78 is 27.2. The Morgan fingerprint density at radius 2 is 1.43 bits per heavy atom. The molecule has 1 aromatic carbocycles. The van der Waals surface area contributed by atoms with Crippen molar-refractivity contribution in [2.75, 3.05) is 101 Å². The number of benzene rings is 1. The fourth-order valence-corrected chi connectivity index (χ4v) is 4.97. The second-order valence-corrected chi connectivity index (χ2v) is 12.5. The average Bonchev–Trinajstić information content (AvgIpc) is 3.12. The molecule has 0 saturated carbocycles. The van der Waals surface area contributed by atoms with Crippen molar-refractivity contribution >= 4 is 58.0 Å². The number of hydrogen-bond donors (Lipinski definition) is 4. The van der Waals surface area contributed by atoms with E-state index in [1.807, 2.05) is 18.2 Å². The first kappa shape index (κ1) is 45.7. The molecule has 3 rings (SSSR count). The van der Waals surface area contributed by atoms with Gasteiger partial charge < -0.3 is 50.5 Å². The number of carbonyl (C=O) groups excluding carboxylic acids is 2. The Kier molecular flexibility index (Phi) is 22.7. The normalized spacial score (nSPS) is 11.6. The van der Waals surface area contributed by atoms with E-state index in [0.717, 1.165) is 18.0 Å². The number of nitrogens with one attached hydrogen (secondary N) is 1. The summed E-state index contributed by atoms with van der Waals surface area (Å²) in [5.74, 6) is -0.745. The number of nitrogen functional groups attached to an aromatic ring is 2. The first-order valence-corrected chi connectivity index (χ1v) is 18.4. The van der Waals surface area contributed by atoms with Crippen molar-refractivity contribution < 1.29 is 65.6 Å². The molecule has 0 aliphatic carbocycles. The van der Waals surface area contributed by atoms with Crippen molar-refractivity contribution in [3.05, 3.63) is 41.7 Å². The summed E-state index contributed by atoms with van der Waals surface area (Å²) >= 11 is 1.75. The van der Waals surface area contributed by atoms with Gasteiger partial charge in [-0.05, 0) is 43.4 Å². The Balaban J connectivity index is 0.00000972. The zero-order valence-corrected chi connectivity index (χ0v) is 33.1. The number of nitrogens with zero attached hydrogens (tertiary/aromatic N) is 5. The number of hydrogen-bond acceptors (Lipinski definition) is 16. The average molecular weight is 944 g/mol. The predicted molar refractivity (Wildman–Crippen MR) is 197 cm³/mol. The molecule has 1 radical (unpaired) electrons. The Morgan fingerprint density at radius 1 is 0.849 bits per heavy atom. The van der Waals surface area contributed by atoms with Crippen LogP contribution in [-0.4, -0.2) is 134 Å². The summed E-state index contributed by atoms with van der Waals surface area (Å²) in [6, 6.07) is 5.43. The van der Waals surface area contributed by atoms with Crippen molar-refractivity contribution in [3.8, 4) is 0 Å². The van der Waals surface area contributed by atoms with E-state index in [1.165, 1.54) is 0 Å². The van der Waals surface area contributed by atoms with Crippen LogP contribution in [0, 0.1) is 0 Å². The molecule has 19 heteroatoms. The molecule has 53 heavy (non-hydrogen) atoms. The van der Waals surface area contributed by atoms with Gasteiger partial charge in [0.15, 0.2) is 17.0 Å². The van der Waals surface area contributed by atoms with E-state index in [0.29, 0.717) is 89.3 Å². The minimum absolute atomic E-state index is 0. The number of carbonyl (C=O) groups is 3. The van der Waals surface area contributed by atoms with E-state index in [-0.39, 0.29) is 64.8 Å². The minimum atomic E-state index is -1.22. The van der Waals surface area contributed by atoms with Gasteiger partial charge >= 0.3 is 5.97 Å². The Bertz CT molecular complexity index is 1540. The third kappa shape index (κ3) is 17.9. The van der Waals surface area contributed by atoms with Gasteiger partial charge in [0, 0.05) is 65.9 Å². The molecule has 1 atom stereocenters. The number of Topliss-reactive ketones (excluding diaryl/α,β-unsaturated/α-hetero) is 1. The minimum Gasteiger partial charge on any atom is -0.480 e. The largest absolute Gasteiger partial charge is 0.480 e. The number of rotatable bonds is 28. The maximum atomic E-state index is 12.8. The van der Waals surface area contributed by atoms with Crippen LogP contribution in [0.3, 0.4) is 0 Å². The zero-order chi connectivity index (χ0) is 37.6. The molecule has 0 saturated heterocycles. The molecular weight excluding hydrogens is 893 g/mol. The molecule has 1 amide bonds. The smallest absolute Gasteiger partial charge is 0.326 e. The second kappa shape index (κ2) is 26.3. The van der Waals surface area contributed by atoms with Crippen LogP contribution in [0.4, 0.5) is 17.5 Å². The summed E-state index contributed by atoms with van der Waals surface area (Å²) in [4.78, 5) is 55.6. The molecule has 17 nitrogen and oxygen atoms in total. The number of carboxylic acids is 1. The molecule has 2 heterocycles. The molecule has 3 aromatic rings. The van der Waals surface area contributed by atoms with E-state index in [2.05, 4.69) is 25.3 Å². The molecule has 297 valence electrons. The molecular formula is C34H50AuN8O9S. The molecule has 0 aliphatic heterocycles. The van der Waals surface area contributed by atoms with E-state index in [9.17, 15) is 19.5 Å². The fraction of sp³-hybridized carbons (Fsp3) is 0.559. The predicted octanol–water partition coefficient (Wildman–Crippen LogP) is 1.98. The fourth-order valence-electron chi connectivity index (χ4n) is 4.69. The molecule has 6 N–H and O–H groups in total. The quantitative estimate of drug-likeness (QED) is 0.0602. The zero-order valence-electron chi connectivity index (χ0n) is 30.1. The maximum absolute atomic E-state index is 12.8. The molecule has 0 aliphatic rings. The van der Waals surface area contributed by atoms with Crippen LogP contribution in [0.5, 0.6) is 0 Å². The third-order valence-corrected chi connectivity index (χ3v) is 8.02. The number of ketones is 1. The molecule has 2 aromatic heterocycles. The maximum Gasteiger partial charge on any atom is 0.326 e. The van der Waals surface area contributed by atoms with Crippen molar-refractivity contribution in [2.45, 2.75) is 38.3 Å². The van der Waals surface area contributed by atoms with Gasteiger partial charge in [0.2, 0.25) is 5.95 Å². The van der Waals surface area contributed by atoms with E-state index in [4.69, 9.17) is 35.2 Å². The Morgan fingerprint density at radius 3 is 2.02 bits per heavy atom. The summed E-state index contributed by atoms with van der Waals surface area (Å²) in [5, 5.41) is 12.2. The van der Waals surface area contributed by atoms with Gasteiger partial charge in [-0.15, -0.1) is 0 Å². The summed E-state index contributed by atoms with van der Waals surface area (Å²) in [5.41, 5.74) is 13.9. The van der Waals surface area contributed by atoms with Gasteiger partial charge in [-0.2, -0.15) is 21.7 Å². The summed E-state index contributed by atoms with van der Waals surface area (Å²) in [7, 11) is 1.84. The van der Waals surface area contributed by atoms with Crippen LogP contribution in [0.1, 0.15) is 41.7 Å². The molecule has 0 bridgehead atoms. The van der Waals surface area contributed by atoms with Crippen molar-refractivity contribution in [1.82, 2.24) is 25.3 Å². The van der Waals surface area contributed by atoms with E-state index >= 15 is 0 Å². The summed E-state index contributed by atoms with van der Waals surface area (Å²) in [6.07, 6.45) is 4.35.